The first-order valence-electron chi connectivity index (χ1n) is 8.17. The van der Waals surface area contributed by atoms with Gasteiger partial charge in [0.15, 0.2) is 11.3 Å². The predicted octanol–water partition coefficient (Wildman–Crippen LogP) is 2.24. The summed E-state index contributed by atoms with van der Waals surface area (Å²) in [6.07, 6.45) is 0.263. The maximum absolute atomic E-state index is 13.8. The van der Waals surface area contributed by atoms with Crippen molar-refractivity contribution in [3.8, 4) is 5.75 Å². The molecule has 0 aliphatic carbocycles. The third kappa shape index (κ3) is 2.35. The van der Waals surface area contributed by atoms with Crippen LogP contribution < -0.4 is 10.1 Å². The first-order valence-corrected chi connectivity index (χ1v) is 8.17. The van der Waals surface area contributed by atoms with E-state index in [1.165, 1.54) is 18.2 Å². The lowest BCUT2D eigenvalue weighted by Crippen LogP contribution is -2.47. The normalized spacial score (nSPS) is 21.3. The second kappa shape index (κ2) is 5.94. The second-order valence-corrected chi connectivity index (χ2v) is 6.22. The average Bonchev–Trinajstić information content (AvgIpc) is 2.87. The van der Waals surface area contributed by atoms with E-state index in [9.17, 15) is 18.8 Å². The van der Waals surface area contributed by atoms with Crippen molar-refractivity contribution >= 4 is 17.7 Å². The lowest BCUT2D eigenvalue weighted by Gasteiger charge is -2.33. The highest BCUT2D eigenvalue weighted by Crippen LogP contribution is 2.40. The Labute approximate surface area is 148 Å². The fourth-order valence-corrected chi connectivity index (χ4v) is 3.43. The second-order valence-electron chi connectivity index (χ2n) is 6.22. The summed E-state index contributed by atoms with van der Waals surface area (Å²) < 4.78 is 19.4. The van der Waals surface area contributed by atoms with Gasteiger partial charge < -0.3 is 10.1 Å². The highest BCUT2D eigenvalue weighted by atomic mass is 19.1. The van der Waals surface area contributed by atoms with E-state index in [4.69, 9.17) is 4.74 Å². The van der Waals surface area contributed by atoms with Gasteiger partial charge in [-0.25, -0.2) is 9.18 Å². The molecule has 2 aromatic carbocycles. The zero-order valence-corrected chi connectivity index (χ0v) is 13.7. The number of ether oxygens (including phenoxy) is 1. The molecule has 132 valence electrons. The Balaban J connectivity index is 1.65. The van der Waals surface area contributed by atoms with Gasteiger partial charge in [-0.2, -0.15) is 0 Å². The number of imide groups is 1. The highest BCUT2D eigenvalue weighted by Gasteiger charge is 2.55. The van der Waals surface area contributed by atoms with Crippen LogP contribution in [0.4, 0.5) is 9.18 Å². The van der Waals surface area contributed by atoms with Crippen LogP contribution in [0.25, 0.3) is 0 Å². The van der Waals surface area contributed by atoms with Gasteiger partial charge in [-0.3, -0.25) is 14.5 Å². The number of nitrogens with one attached hydrogen (secondary N) is 1. The van der Waals surface area contributed by atoms with Crippen LogP contribution in [-0.2, 0) is 10.3 Å². The van der Waals surface area contributed by atoms with Crippen LogP contribution in [0.2, 0.25) is 0 Å². The minimum absolute atomic E-state index is 0.151. The van der Waals surface area contributed by atoms with Gasteiger partial charge in [0.2, 0.25) is 0 Å². The standard InChI is InChI=1S/C19H15FN2O4/c20-14-7-3-1-5-12(14)15(23)11-22-17(24)19(21-18(22)25)9-10-26-16-8-4-2-6-13(16)19/h1-8H,9-11H2,(H,21,25). The molecule has 2 heterocycles. The molecule has 0 radical (unpaired) electrons. The van der Waals surface area contributed by atoms with Crippen LogP contribution in [0.3, 0.4) is 0 Å². The number of nitrogens with zero attached hydrogens (tertiary/aromatic N) is 1. The maximum atomic E-state index is 13.8. The average molecular weight is 354 g/mol. The number of benzene rings is 2. The van der Waals surface area contributed by atoms with Crippen LogP contribution in [0.15, 0.2) is 48.5 Å². The van der Waals surface area contributed by atoms with Crippen LogP contribution >= 0.6 is 0 Å². The number of ketones is 1. The molecule has 1 saturated heterocycles. The fraction of sp³-hybridized carbons (Fsp3) is 0.211. The largest absolute Gasteiger partial charge is 0.493 e. The maximum Gasteiger partial charge on any atom is 0.325 e. The zero-order valence-electron chi connectivity index (χ0n) is 13.7. The van der Waals surface area contributed by atoms with E-state index in [0.29, 0.717) is 11.3 Å². The third-order valence-corrected chi connectivity index (χ3v) is 4.73. The van der Waals surface area contributed by atoms with E-state index in [0.717, 1.165) is 11.0 Å². The smallest absolute Gasteiger partial charge is 0.325 e. The molecule has 1 spiro atoms. The number of rotatable bonds is 3. The Morgan fingerprint density at radius 1 is 1.15 bits per heavy atom. The van der Waals surface area contributed by atoms with Crippen molar-refractivity contribution in [2.75, 3.05) is 13.2 Å². The number of carbonyl (C=O) groups excluding carboxylic acids is 3. The lowest BCUT2D eigenvalue weighted by molar-refractivity contribution is -0.132. The van der Waals surface area contributed by atoms with Crippen molar-refractivity contribution in [2.45, 2.75) is 12.0 Å². The number of para-hydroxylation sites is 1. The molecule has 0 aromatic heterocycles. The predicted molar refractivity (Wildman–Crippen MR) is 89.2 cm³/mol. The van der Waals surface area contributed by atoms with Crippen molar-refractivity contribution in [1.82, 2.24) is 10.2 Å². The quantitative estimate of drug-likeness (QED) is 0.678. The number of urea groups is 1. The molecule has 0 bridgehead atoms. The van der Waals surface area contributed by atoms with Crippen LogP contribution in [0.1, 0.15) is 22.3 Å². The van der Waals surface area contributed by atoms with Crippen LogP contribution in [0, 0.1) is 5.82 Å². The van der Waals surface area contributed by atoms with Gasteiger partial charge in [-0.1, -0.05) is 30.3 Å². The molecule has 4 rings (SSSR count). The van der Waals surface area contributed by atoms with E-state index in [2.05, 4.69) is 5.32 Å². The monoisotopic (exact) mass is 354 g/mol. The fourth-order valence-electron chi connectivity index (χ4n) is 3.43. The topological polar surface area (TPSA) is 75.7 Å². The summed E-state index contributed by atoms with van der Waals surface area (Å²) in [6.45, 7) is -0.255. The number of Topliss-reactive ketones (excluding diaryl/α,β-unsaturated/α-hetero) is 1. The minimum atomic E-state index is -1.25. The van der Waals surface area contributed by atoms with Crippen LogP contribution in [0.5, 0.6) is 5.75 Å². The van der Waals surface area contributed by atoms with Gasteiger partial charge in [-0.05, 0) is 18.2 Å². The Hall–Kier alpha value is -3.22. The molecular weight excluding hydrogens is 339 g/mol. The molecule has 1 N–H and O–H groups in total. The number of fused-ring (bicyclic) bond motifs is 2. The molecule has 7 heteroatoms. The number of halogens is 1. The molecule has 1 unspecified atom stereocenters. The number of amides is 3. The summed E-state index contributed by atoms with van der Waals surface area (Å²) >= 11 is 0. The molecule has 3 amide bonds. The number of hydrogen-bond donors (Lipinski definition) is 1. The third-order valence-electron chi connectivity index (χ3n) is 4.73. The van der Waals surface area contributed by atoms with Crippen molar-refractivity contribution in [2.24, 2.45) is 0 Å². The van der Waals surface area contributed by atoms with Crippen LogP contribution in [-0.4, -0.2) is 35.8 Å². The molecule has 26 heavy (non-hydrogen) atoms. The van der Waals surface area contributed by atoms with E-state index < -0.39 is 35.6 Å². The zero-order chi connectivity index (χ0) is 18.3. The van der Waals surface area contributed by atoms with Gasteiger partial charge in [0.25, 0.3) is 5.91 Å². The van der Waals surface area contributed by atoms with Gasteiger partial charge in [0.05, 0.1) is 18.7 Å². The molecule has 6 nitrogen and oxygen atoms in total. The molecule has 0 saturated carbocycles. The van der Waals surface area contributed by atoms with E-state index in [1.807, 2.05) is 0 Å². The Morgan fingerprint density at radius 3 is 2.69 bits per heavy atom. The summed E-state index contributed by atoms with van der Waals surface area (Å²) in [7, 11) is 0. The molecule has 1 fully saturated rings. The van der Waals surface area contributed by atoms with Crippen molar-refractivity contribution in [3.05, 3.63) is 65.5 Å². The Bertz CT molecular complexity index is 929. The van der Waals surface area contributed by atoms with Crippen molar-refractivity contribution in [3.63, 3.8) is 0 Å². The van der Waals surface area contributed by atoms with Gasteiger partial charge in [0.1, 0.15) is 11.6 Å². The molecule has 2 aliphatic rings. The van der Waals surface area contributed by atoms with Crippen molar-refractivity contribution in [1.29, 1.82) is 0 Å². The summed E-state index contributed by atoms with van der Waals surface area (Å²) in [4.78, 5) is 38.7. The summed E-state index contributed by atoms with van der Waals surface area (Å²) in [5, 5.41) is 2.71. The molecule has 2 aromatic rings. The van der Waals surface area contributed by atoms with E-state index in [1.54, 1.807) is 24.3 Å². The molecule has 2 aliphatic heterocycles. The van der Waals surface area contributed by atoms with E-state index in [-0.39, 0.29) is 18.6 Å². The van der Waals surface area contributed by atoms with Gasteiger partial charge in [-0.15, -0.1) is 0 Å². The first-order chi connectivity index (χ1) is 12.5. The lowest BCUT2D eigenvalue weighted by atomic mass is 9.84. The Morgan fingerprint density at radius 2 is 1.88 bits per heavy atom. The van der Waals surface area contributed by atoms with Crippen molar-refractivity contribution < 1.29 is 23.5 Å². The minimum Gasteiger partial charge on any atom is -0.493 e. The SMILES string of the molecule is O=C(CN1C(=O)NC2(CCOc3ccccc32)C1=O)c1ccccc1F. The Kier molecular flexibility index (Phi) is 3.72. The van der Waals surface area contributed by atoms with Gasteiger partial charge >= 0.3 is 6.03 Å². The summed E-state index contributed by atoms with van der Waals surface area (Å²) in [5.41, 5.74) is -0.839. The first kappa shape index (κ1) is 16.3. The molecule has 1 atom stereocenters. The summed E-state index contributed by atoms with van der Waals surface area (Å²) in [5.74, 6) is -1.32. The molecular formula is C19H15FN2O4. The van der Waals surface area contributed by atoms with Gasteiger partial charge in [0, 0.05) is 12.0 Å². The summed E-state index contributed by atoms with van der Waals surface area (Å²) in [6, 6.07) is 11.8. The highest BCUT2D eigenvalue weighted by molar-refractivity contribution is 6.11. The van der Waals surface area contributed by atoms with E-state index >= 15 is 0 Å². The number of hydrogen-bond acceptors (Lipinski definition) is 4. The number of carbonyl (C=O) groups is 3.